The topological polar surface area (TPSA) is 48.3 Å². The van der Waals surface area contributed by atoms with Crippen LogP contribution >= 0.6 is 0 Å². The molecule has 1 heterocycles. The first-order valence-electron chi connectivity index (χ1n) is 5.85. The predicted molar refractivity (Wildman–Crippen MR) is 73.5 cm³/mol. The molecule has 94 valence electrons. The molecule has 0 radical (unpaired) electrons. The van der Waals surface area contributed by atoms with Crippen LogP contribution in [0.4, 0.5) is 4.79 Å². The first-order chi connectivity index (χ1) is 9.24. The van der Waals surface area contributed by atoms with E-state index in [2.05, 4.69) is 0 Å². The van der Waals surface area contributed by atoms with Crippen molar-refractivity contribution in [1.82, 2.24) is 4.57 Å². The Morgan fingerprint density at radius 2 is 1.42 bits per heavy atom. The maximum Gasteiger partial charge on any atom is 0.418 e. The van der Waals surface area contributed by atoms with Gasteiger partial charge in [0.15, 0.2) is 5.43 Å². The Bertz CT molecular complexity index is 789. The van der Waals surface area contributed by atoms with Crippen molar-refractivity contribution in [3.05, 3.63) is 58.8 Å². The van der Waals surface area contributed by atoms with Crippen LogP contribution in [0.1, 0.15) is 0 Å². The Balaban J connectivity index is 2.64. The minimum absolute atomic E-state index is 0.0775. The molecule has 0 atom stereocenters. The van der Waals surface area contributed by atoms with Crippen molar-refractivity contribution >= 4 is 27.9 Å². The molecule has 0 bridgehead atoms. The van der Waals surface area contributed by atoms with E-state index < -0.39 is 6.09 Å². The summed E-state index contributed by atoms with van der Waals surface area (Å²) >= 11 is 0. The summed E-state index contributed by atoms with van der Waals surface area (Å²) < 4.78 is 6.24. The van der Waals surface area contributed by atoms with E-state index >= 15 is 0 Å². The molecule has 0 unspecified atom stereocenters. The number of pyridine rings is 1. The number of rotatable bonds is 0. The quantitative estimate of drug-likeness (QED) is 0.579. The van der Waals surface area contributed by atoms with E-state index in [0.29, 0.717) is 21.8 Å². The number of nitrogens with zero attached hydrogens (tertiary/aromatic N) is 1. The molecule has 19 heavy (non-hydrogen) atoms. The molecule has 0 spiro atoms. The molecular formula is C15H11NO3. The summed E-state index contributed by atoms with van der Waals surface area (Å²) in [6.45, 7) is 0. The molecule has 0 aliphatic carbocycles. The Kier molecular flexibility index (Phi) is 2.56. The van der Waals surface area contributed by atoms with Crippen LogP contribution in [0.3, 0.4) is 0 Å². The molecule has 0 saturated heterocycles. The molecule has 4 nitrogen and oxygen atoms in total. The van der Waals surface area contributed by atoms with E-state index in [1.165, 1.54) is 11.7 Å². The molecule has 0 aliphatic heterocycles. The van der Waals surface area contributed by atoms with Gasteiger partial charge in [-0.2, -0.15) is 0 Å². The highest BCUT2D eigenvalue weighted by Gasteiger charge is 2.14. The molecule has 0 amide bonds. The lowest BCUT2D eigenvalue weighted by molar-refractivity contribution is 0.175. The fourth-order valence-corrected chi connectivity index (χ4v) is 2.28. The SMILES string of the molecule is COC(=O)n1c2ccccc2c(=O)c2ccccc21. The monoisotopic (exact) mass is 253 g/mol. The van der Waals surface area contributed by atoms with Crippen LogP contribution in [0.15, 0.2) is 53.3 Å². The van der Waals surface area contributed by atoms with Crippen molar-refractivity contribution in [2.45, 2.75) is 0 Å². The van der Waals surface area contributed by atoms with Gasteiger partial charge in [-0.3, -0.25) is 4.79 Å². The molecule has 4 heteroatoms. The van der Waals surface area contributed by atoms with Gasteiger partial charge in [0.2, 0.25) is 0 Å². The molecule has 0 saturated carbocycles. The van der Waals surface area contributed by atoms with E-state index in [9.17, 15) is 9.59 Å². The third-order valence-electron chi connectivity index (χ3n) is 3.14. The number of carbonyl (C=O) groups excluding carboxylic acids is 1. The van der Waals surface area contributed by atoms with Gasteiger partial charge in [-0.1, -0.05) is 24.3 Å². The second-order valence-corrected chi connectivity index (χ2v) is 4.17. The minimum Gasteiger partial charge on any atom is -0.452 e. The Labute approximate surface area is 108 Å². The Hall–Kier alpha value is -2.62. The first kappa shape index (κ1) is 11.5. The summed E-state index contributed by atoms with van der Waals surface area (Å²) in [5.41, 5.74) is 1.03. The molecule has 0 fully saturated rings. The smallest absolute Gasteiger partial charge is 0.418 e. The van der Waals surface area contributed by atoms with Crippen LogP contribution in [0.25, 0.3) is 21.8 Å². The normalized spacial score (nSPS) is 10.8. The molecule has 2 aromatic carbocycles. The van der Waals surface area contributed by atoms with Crippen LogP contribution in [0, 0.1) is 0 Å². The van der Waals surface area contributed by atoms with Gasteiger partial charge in [-0.15, -0.1) is 0 Å². The number of aromatic nitrogens is 1. The van der Waals surface area contributed by atoms with E-state index in [4.69, 9.17) is 4.74 Å². The summed E-state index contributed by atoms with van der Waals surface area (Å²) in [5.74, 6) is 0. The highest BCUT2D eigenvalue weighted by atomic mass is 16.5. The zero-order chi connectivity index (χ0) is 13.4. The van der Waals surface area contributed by atoms with Gasteiger partial charge < -0.3 is 4.74 Å². The first-order valence-corrected chi connectivity index (χ1v) is 5.85. The second-order valence-electron chi connectivity index (χ2n) is 4.17. The van der Waals surface area contributed by atoms with Crippen LogP contribution in [-0.2, 0) is 4.74 Å². The summed E-state index contributed by atoms with van der Waals surface area (Å²) in [5, 5.41) is 1.01. The van der Waals surface area contributed by atoms with Crippen molar-refractivity contribution in [3.8, 4) is 0 Å². The number of fused-ring (bicyclic) bond motifs is 2. The molecular weight excluding hydrogens is 242 g/mol. The van der Waals surface area contributed by atoms with Crippen LogP contribution in [0.2, 0.25) is 0 Å². The van der Waals surface area contributed by atoms with Gasteiger partial charge >= 0.3 is 6.09 Å². The van der Waals surface area contributed by atoms with E-state index in [1.54, 1.807) is 48.5 Å². The molecule has 3 rings (SSSR count). The van der Waals surface area contributed by atoms with Crippen LogP contribution < -0.4 is 5.43 Å². The number of hydrogen-bond acceptors (Lipinski definition) is 3. The van der Waals surface area contributed by atoms with Crippen molar-refractivity contribution in [3.63, 3.8) is 0 Å². The van der Waals surface area contributed by atoms with Crippen LogP contribution in [-0.4, -0.2) is 17.8 Å². The van der Waals surface area contributed by atoms with Gasteiger partial charge in [0.25, 0.3) is 0 Å². The lowest BCUT2D eigenvalue weighted by Crippen LogP contribution is -2.18. The molecule has 1 aromatic heterocycles. The van der Waals surface area contributed by atoms with Crippen molar-refractivity contribution < 1.29 is 9.53 Å². The fraction of sp³-hybridized carbons (Fsp3) is 0.0667. The van der Waals surface area contributed by atoms with E-state index in [0.717, 1.165) is 0 Å². The van der Waals surface area contributed by atoms with Gasteiger partial charge in [0.05, 0.1) is 18.1 Å². The Morgan fingerprint density at radius 3 is 1.89 bits per heavy atom. The van der Waals surface area contributed by atoms with Gasteiger partial charge in [0.1, 0.15) is 0 Å². The summed E-state index contributed by atoms with van der Waals surface area (Å²) in [6, 6.07) is 14.0. The Morgan fingerprint density at radius 1 is 0.947 bits per heavy atom. The number of hydrogen-bond donors (Lipinski definition) is 0. The average molecular weight is 253 g/mol. The molecule has 0 N–H and O–H groups in total. The summed E-state index contributed by atoms with van der Waals surface area (Å²) in [7, 11) is 1.32. The highest BCUT2D eigenvalue weighted by Crippen LogP contribution is 2.19. The van der Waals surface area contributed by atoms with E-state index in [1.807, 2.05) is 0 Å². The summed E-state index contributed by atoms with van der Waals surface area (Å²) in [6.07, 6.45) is -0.507. The van der Waals surface area contributed by atoms with Gasteiger partial charge in [0, 0.05) is 10.8 Å². The largest absolute Gasteiger partial charge is 0.452 e. The number of benzene rings is 2. The lowest BCUT2D eigenvalue weighted by atomic mass is 10.1. The third kappa shape index (κ3) is 1.61. The standard InChI is InChI=1S/C15H11NO3/c1-19-15(18)16-12-8-4-2-6-10(12)14(17)11-7-3-5-9-13(11)16/h2-9H,1H3. The highest BCUT2D eigenvalue weighted by molar-refractivity contribution is 6.00. The second kappa shape index (κ2) is 4.24. The van der Waals surface area contributed by atoms with E-state index in [-0.39, 0.29) is 5.43 Å². The number of carbonyl (C=O) groups is 1. The maximum atomic E-state index is 12.4. The zero-order valence-electron chi connectivity index (χ0n) is 10.3. The average Bonchev–Trinajstić information content (AvgIpc) is 2.47. The molecule has 3 aromatic rings. The third-order valence-corrected chi connectivity index (χ3v) is 3.14. The van der Waals surface area contributed by atoms with Crippen molar-refractivity contribution in [2.75, 3.05) is 7.11 Å². The van der Waals surface area contributed by atoms with Gasteiger partial charge in [-0.05, 0) is 24.3 Å². The molecule has 0 aliphatic rings. The van der Waals surface area contributed by atoms with Crippen molar-refractivity contribution in [2.24, 2.45) is 0 Å². The number of para-hydroxylation sites is 2. The zero-order valence-corrected chi connectivity index (χ0v) is 10.3. The maximum absolute atomic E-state index is 12.4. The number of methoxy groups -OCH3 is 1. The summed E-state index contributed by atoms with van der Waals surface area (Å²) in [4.78, 5) is 24.4. The predicted octanol–water partition coefficient (Wildman–Crippen LogP) is 2.77. The fourth-order valence-electron chi connectivity index (χ4n) is 2.28. The van der Waals surface area contributed by atoms with Crippen molar-refractivity contribution in [1.29, 1.82) is 0 Å². The lowest BCUT2D eigenvalue weighted by Gasteiger charge is -2.12. The van der Waals surface area contributed by atoms with Gasteiger partial charge in [-0.25, -0.2) is 9.36 Å². The number of ether oxygens (including phenoxy) is 1. The minimum atomic E-state index is -0.507. The van der Waals surface area contributed by atoms with Crippen LogP contribution in [0.5, 0.6) is 0 Å².